The van der Waals surface area contributed by atoms with Crippen LogP contribution in [0.25, 0.3) is 0 Å². The maximum atomic E-state index is 10.9. The Balaban J connectivity index is 3.65. The molecule has 0 saturated heterocycles. The van der Waals surface area contributed by atoms with Crippen molar-refractivity contribution in [3.63, 3.8) is 0 Å². The highest BCUT2D eigenvalue weighted by Crippen LogP contribution is 2.34. The van der Waals surface area contributed by atoms with Crippen LogP contribution in [-0.2, 0) is 0 Å². The van der Waals surface area contributed by atoms with Crippen LogP contribution < -0.4 is 4.74 Å². The first-order chi connectivity index (χ1) is 6.54. The summed E-state index contributed by atoms with van der Waals surface area (Å²) in [5.74, 6) is 0.624. The van der Waals surface area contributed by atoms with Crippen LogP contribution in [0.5, 0.6) is 5.75 Å². The average molecular weight is 213 g/mol. The van der Waals surface area contributed by atoms with E-state index in [2.05, 4.69) is 0 Å². The van der Waals surface area contributed by atoms with E-state index in [9.17, 15) is 4.79 Å². The second kappa shape index (κ2) is 4.01. The number of methoxy groups -OCH3 is 1. The summed E-state index contributed by atoms with van der Waals surface area (Å²) in [6, 6.07) is 0. The minimum absolute atomic E-state index is 0.542. The van der Waals surface area contributed by atoms with Crippen LogP contribution in [0.15, 0.2) is 0 Å². The molecule has 1 aromatic rings. The zero-order valence-electron chi connectivity index (χ0n) is 8.77. The normalized spacial score (nSPS) is 10.1. The van der Waals surface area contributed by atoms with Crippen molar-refractivity contribution >= 4 is 17.9 Å². The smallest absolute Gasteiger partial charge is 0.154 e. The fourth-order valence-corrected chi connectivity index (χ4v) is 1.76. The van der Waals surface area contributed by atoms with Crippen LogP contribution in [0, 0.1) is 20.8 Å². The molecule has 0 aromatic heterocycles. The van der Waals surface area contributed by atoms with E-state index >= 15 is 0 Å². The Morgan fingerprint density at radius 2 is 1.71 bits per heavy atom. The fourth-order valence-electron chi connectivity index (χ4n) is 1.51. The first kappa shape index (κ1) is 11.1. The molecule has 0 atom stereocenters. The molecule has 1 aromatic carbocycles. The number of hydrogen-bond donors (Lipinski definition) is 0. The van der Waals surface area contributed by atoms with Crippen LogP contribution in [0.2, 0.25) is 5.02 Å². The second-order valence-corrected chi connectivity index (χ2v) is 3.63. The number of benzene rings is 1. The quantitative estimate of drug-likeness (QED) is 0.705. The molecule has 0 bridgehead atoms. The van der Waals surface area contributed by atoms with Gasteiger partial charge in [-0.3, -0.25) is 4.79 Å². The number of aldehydes is 1. The molecule has 0 aliphatic heterocycles. The van der Waals surface area contributed by atoms with E-state index < -0.39 is 0 Å². The summed E-state index contributed by atoms with van der Waals surface area (Å²) in [6.45, 7) is 5.63. The van der Waals surface area contributed by atoms with Gasteiger partial charge in [0, 0.05) is 5.02 Å². The number of rotatable bonds is 2. The predicted molar refractivity (Wildman–Crippen MR) is 57.6 cm³/mol. The van der Waals surface area contributed by atoms with Gasteiger partial charge in [0.1, 0.15) is 5.75 Å². The SMILES string of the molecule is COc1c(C)c(C)c(Cl)c(C)c1C=O. The molecule has 0 aliphatic carbocycles. The molecule has 0 amide bonds. The van der Waals surface area contributed by atoms with Gasteiger partial charge in [-0.25, -0.2) is 0 Å². The molecule has 0 spiro atoms. The first-order valence-corrected chi connectivity index (χ1v) is 4.70. The Kier molecular flexibility index (Phi) is 3.17. The number of hydrogen-bond acceptors (Lipinski definition) is 2. The van der Waals surface area contributed by atoms with Crippen molar-refractivity contribution in [1.82, 2.24) is 0 Å². The molecule has 0 radical (unpaired) electrons. The predicted octanol–water partition coefficient (Wildman–Crippen LogP) is 3.09. The van der Waals surface area contributed by atoms with Gasteiger partial charge >= 0.3 is 0 Å². The standard InChI is InChI=1S/C11H13ClO2/c1-6-7(2)11(14-4)9(5-13)8(3)10(6)12/h5H,1-4H3. The summed E-state index contributed by atoms with van der Waals surface area (Å²) in [5, 5.41) is 0.644. The third-order valence-corrected chi connectivity index (χ3v) is 3.10. The van der Waals surface area contributed by atoms with Gasteiger partial charge < -0.3 is 4.74 Å². The van der Waals surface area contributed by atoms with Crippen molar-refractivity contribution in [3.05, 3.63) is 27.3 Å². The molecule has 1 rings (SSSR count). The molecule has 0 N–H and O–H groups in total. The summed E-state index contributed by atoms with van der Waals surface area (Å²) < 4.78 is 5.19. The Hall–Kier alpha value is -1.02. The molecule has 76 valence electrons. The molecular weight excluding hydrogens is 200 g/mol. The molecule has 14 heavy (non-hydrogen) atoms. The second-order valence-electron chi connectivity index (χ2n) is 3.25. The zero-order chi connectivity index (χ0) is 10.9. The maximum Gasteiger partial charge on any atom is 0.154 e. The van der Waals surface area contributed by atoms with Crippen molar-refractivity contribution in [2.24, 2.45) is 0 Å². The van der Waals surface area contributed by atoms with Crippen molar-refractivity contribution in [2.45, 2.75) is 20.8 Å². The fraction of sp³-hybridized carbons (Fsp3) is 0.364. The maximum absolute atomic E-state index is 10.9. The lowest BCUT2D eigenvalue weighted by atomic mass is 9.99. The zero-order valence-corrected chi connectivity index (χ0v) is 9.53. The van der Waals surface area contributed by atoms with E-state index in [1.165, 1.54) is 0 Å². The number of ether oxygens (including phenoxy) is 1. The topological polar surface area (TPSA) is 26.3 Å². The van der Waals surface area contributed by atoms with Gasteiger partial charge in [-0.05, 0) is 37.5 Å². The van der Waals surface area contributed by atoms with Crippen molar-refractivity contribution < 1.29 is 9.53 Å². The molecule has 3 heteroatoms. The molecule has 0 heterocycles. The molecular formula is C11H13ClO2. The lowest BCUT2D eigenvalue weighted by molar-refractivity contribution is 0.112. The van der Waals surface area contributed by atoms with Crippen LogP contribution in [0.1, 0.15) is 27.0 Å². The molecule has 0 fully saturated rings. The van der Waals surface area contributed by atoms with Gasteiger partial charge in [0.2, 0.25) is 0 Å². The van der Waals surface area contributed by atoms with Crippen LogP contribution in [-0.4, -0.2) is 13.4 Å². The minimum atomic E-state index is 0.542. The molecule has 0 unspecified atom stereocenters. The highest BCUT2D eigenvalue weighted by atomic mass is 35.5. The Labute approximate surface area is 88.8 Å². The molecule has 2 nitrogen and oxygen atoms in total. The molecule has 0 saturated carbocycles. The van der Waals surface area contributed by atoms with E-state index in [0.717, 1.165) is 23.0 Å². The van der Waals surface area contributed by atoms with Crippen LogP contribution >= 0.6 is 11.6 Å². The number of carbonyl (C=O) groups is 1. The van der Waals surface area contributed by atoms with Gasteiger partial charge in [0.25, 0.3) is 0 Å². The van der Waals surface area contributed by atoms with Gasteiger partial charge in [0.15, 0.2) is 6.29 Å². The van der Waals surface area contributed by atoms with E-state index in [0.29, 0.717) is 16.3 Å². The summed E-state index contributed by atoms with van der Waals surface area (Å²) in [6.07, 6.45) is 0.784. The highest BCUT2D eigenvalue weighted by molar-refractivity contribution is 6.32. The lowest BCUT2D eigenvalue weighted by Gasteiger charge is -2.14. The Bertz CT molecular complexity index is 384. The summed E-state index contributed by atoms with van der Waals surface area (Å²) in [5.41, 5.74) is 3.21. The first-order valence-electron chi connectivity index (χ1n) is 4.33. The van der Waals surface area contributed by atoms with E-state index in [1.54, 1.807) is 7.11 Å². The van der Waals surface area contributed by atoms with Gasteiger partial charge in [-0.2, -0.15) is 0 Å². The monoisotopic (exact) mass is 212 g/mol. The van der Waals surface area contributed by atoms with Crippen molar-refractivity contribution in [1.29, 1.82) is 0 Å². The summed E-state index contributed by atoms with van der Waals surface area (Å²) in [7, 11) is 1.56. The summed E-state index contributed by atoms with van der Waals surface area (Å²) in [4.78, 5) is 10.9. The number of carbonyl (C=O) groups excluding carboxylic acids is 1. The third-order valence-electron chi connectivity index (χ3n) is 2.53. The summed E-state index contributed by atoms with van der Waals surface area (Å²) >= 11 is 6.08. The molecule has 0 aliphatic rings. The Morgan fingerprint density at radius 3 is 2.14 bits per heavy atom. The highest BCUT2D eigenvalue weighted by Gasteiger charge is 2.15. The Morgan fingerprint density at radius 1 is 1.14 bits per heavy atom. The van der Waals surface area contributed by atoms with Gasteiger partial charge in [-0.15, -0.1) is 0 Å². The van der Waals surface area contributed by atoms with Crippen LogP contribution in [0.3, 0.4) is 0 Å². The van der Waals surface area contributed by atoms with Crippen molar-refractivity contribution in [3.8, 4) is 5.75 Å². The van der Waals surface area contributed by atoms with E-state index in [-0.39, 0.29) is 0 Å². The van der Waals surface area contributed by atoms with E-state index in [4.69, 9.17) is 16.3 Å². The van der Waals surface area contributed by atoms with Crippen LogP contribution in [0.4, 0.5) is 0 Å². The number of halogens is 1. The van der Waals surface area contributed by atoms with E-state index in [1.807, 2.05) is 20.8 Å². The largest absolute Gasteiger partial charge is 0.496 e. The lowest BCUT2D eigenvalue weighted by Crippen LogP contribution is -2.00. The minimum Gasteiger partial charge on any atom is -0.496 e. The van der Waals surface area contributed by atoms with Gasteiger partial charge in [0.05, 0.1) is 12.7 Å². The average Bonchev–Trinajstić information content (AvgIpc) is 2.20. The van der Waals surface area contributed by atoms with Crippen molar-refractivity contribution in [2.75, 3.05) is 7.11 Å². The van der Waals surface area contributed by atoms with Gasteiger partial charge in [-0.1, -0.05) is 11.6 Å². The third kappa shape index (κ3) is 1.50.